The van der Waals surface area contributed by atoms with Crippen molar-refractivity contribution in [1.82, 2.24) is 5.32 Å². The first-order valence-corrected chi connectivity index (χ1v) is 6.55. The predicted molar refractivity (Wildman–Crippen MR) is 76.7 cm³/mol. The maximum absolute atomic E-state index is 12.3. The molecule has 3 atom stereocenters. The number of carbonyl (C=O) groups is 2. The molecule has 0 spiro atoms. The van der Waals surface area contributed by atoms with Crippen molar-refractivity contribution in [3.63, 3.8) is 0 Å². The number of nitriles is 1. The number of benzene rings is 1. The fourth-order valence-corrected chi connectivity index (χ4v) is 2.01. The lowest BCUT2D eigenvalue weighted by atomic mass is 9.97. The predicted octanol–water partition coefficient (Wildman–Crippen LogP) is 0.894. The molecule has 1 aromatic rings. The minimum Gasteiger partial charge on any atom is -0.368 e. The average molecular weight is 289 g/mol. The van der Waals surface area contributed by atoms with E-state index in [1.165, 1.54) is 7.11 Å². The second-order valence-corrected chi connectivity index (χ2v) is 4.75. The molecule has 0 radical (unpaired) electrons. The van der Waals surface area contributed by atoms with Gasteiger partial charge >= 0.3 is 0 Å². The summed E-state index contributed by atoms with van der Waals surface area (Å²) in [4.78, 5) is 23.7. The standard InChI is InChI=1S/C15H19N3O3/c1-10(8-9-16)12(14(17)19)18-15(20)13(21-2)11-6-4-3-5-7-11/h3-7,10,12-13H,8H2,1-2H3,(H2,17,19)(H,18,20)/t10-,12-,13+/m1/s1. The Balaban J connectivity index is 2.85. The molecule has 0 aromatic heterocycles. The minimum atomic E-state index is -0.904. The molecule has 0 saturated carbocycles. The van der Waals surface area contributed by atoms with Gasteiger partial charge in [0.05, 0.1) is 6.07 Å². The highest BCUT2D eigenvalue weighted by molar-refractivity contribution is 5.89. The number of hydrogen-bond donors (Lipinski definition) is 2. The maximum atomic E-state index is 12.3. The van der Waals surface area contributed by atoms with Crippen LogP contribution in [-0.4, -0.2) is 25.0 Å². The first-order valence-electron chi connectivity index (χ1n) is 6.55. The summed E-state index contributed by atoms with van der Waals surface area (Å²) in [6.45, 7) is 1.68. The van der Waals surface area contributed by atoms with Crippen LogP contribution in [0.1, 0.15) is 25.0 Å². The van der Waals surface area contributed by atoms with E-state index in [4.69, 9.17) is 15.7 Å². The second kappa shape index (κ2) is 8.02. The number of primary amides is 1. The smallest absolute Gasteiger partial charge is 0.254 e. The highest BCUT2D eigenvalue weighted by Gasteiger charge is 2.28. The summed E-state index contributed by atoms with van der Waals surface area (Å²) in [7, 11) is 1.41. The zero-order chi connectivity index (χ0) is 15.8. The van der Waals surface area contributed by atoms with E-state index < -0.39 is 24.0 Å². The van der Waals surface area contributed by atoms with Crippen LogP contribution in [0.15, 0.2) is 30.3 Å². The van der Waals surface area contributed by atoms with Crippen LogP contribution < -0.4 is 11.1 Å². The van der Waals surface area contributed by atoms with Crippen molar-refractivity contribution in [3.8, 4) is 6.07 Å². The van der Waals surface area contributed by atoms with Crippen molar-refractivity contribution in [3.05, 3.63) is 35.9 Å². The molecule has 0 fully saturated rings. The van der Waals surface area contributed by atoms with Crippen molar-refractivity contribution in [2.45, 2.75) is 25.5 Å². The Labute approximate surface area is 123 Å². The van der Waals surface area contributed by atoms with Gasteiger partial charge in [-0.2, -0.15) is 5.26 Å². The first-order chi connectivity index (χ1) is 10.0. The van der Waals surface area contributed by atoms with E-state index in [0.29, 0.717) is 5.56 Å². The van der Waals surface area contributed by atoms with Gasteiger partial charge in [0.15, 0.2) is 6.10 Å². The third-order valence-electron chi connectivity index (χ3n) is 3.16. The third kappa shape index (κ3) is 4.58. The lowest BCUT2D eigenvalue weighted by Gasteiger charge is -2.23. The molecule has 2 amide bonds. The largest absolute Gasteiger partial charge is 0.368 e. The average Bonchev–Trinajstić information content (AvgIpc) is 2.46. The lowest BCUT2D eigenvalue weighted by molar-refractivity contribution is -0.135. The Hall–Kier alpha value is -2.39. The van der Waals surface area contributed by atoms with Gasteiger partial charge in [-0.3, -0.25) is 9.59 Å². The van der Waals surface area contributed by atoms with Gasteiger partial charge in [0.25, 0.3) is 5.91 Å². The summed E-state index contributed by atoms with van der Waals surface area (Å²) in [5.74, 6) is -1.50. The van der Waals surface area contributed by atoms with Crippen molar-refractivity contribution in [2.75, 3.05) is 7.11 Å². The van der Waals surface area contributed by atoms with Gasteiger partial charge in [-0.15, -0.1) is 0 Å². The van der Waals surface area contributed by atoms with Crippen molar-refractivity contribution >= 4 is 11.8 Å². The molecule has 1 aromatic carbocycles. The van der Waals surface area contributed by atoms with Crippen LogP contribution in [0.2, 0.25) is 0 Å². The van der Waals surface area contributed by atoms with Gasteiger partial charge in [-0.25, -0.2) is 0 Å². The molecule has 0 bridgehead atoms. The Morgan fingerprint density at radius 1 is 1.38 bits per heavy atom. The Bertz CT molecular complexity index is 525. The molecule has 0 aliphatic heterocycles. The van der Waals surface area contributed by atoms with Crippen LogP contribution in [-0.2, 0) is 14.3 Å². The number of nitrogens with zero attached hydrogens (tertiary/aromatic N) is 1. The number of methoxy groups -OCH3 is 1. The number of ether oxygens (including phenoxy) is 1. The van der Waals surface area contributed by atoms with Gasteiger partial charge in [0.2, 0.25) is 5.91 Å². The number of nitrogens with two attached hydrogens (primary N) is 1. The monoisotopic (exact) mass is 289 g/mol. The topological polar surface area (TPSA) is 105 Å². The third-order valence-corrected chi connectivity index (χ3v) is 3.16. The van der Waals surface area contributed by atoms with Crippen LogP contribution >= 0.6 is 0 Å². The normalized spacial score (nSPS) is 14.5. The van der Waals surface area contributed by atoms with Gasteiger partial charge in [0, 0.05) is 13.5 Å². The highest BCUT2D eigenvalue weighted by atomic mass is 16.5. The maximum Gasteiger partial charge on any atom is 0.254 e. The summed E-state index contributed by atoms with van der Waals surface area (Å²) in [5, 5.41) is 11.3. The Morgan fingerprint density at radius 3 is 2.48 bits per heavy atom. The molecule has 0 aliphatic rings. The van der Waals surface area contributed by atoms with Crippen molar-refractivity contribution in [1.29, 1.82) is 5.26 Å². The molecule has 0 heterocycles. The van der Waals surface area contributed by atoms with Crippen molar-refractivity contribution in [2.24, 2.45) is 11.7 Å². The molecule has 1 rings (SSSR count). The fourth-order valence-electron chi connectivity index (χ4n) is 2.01. The number of rotatable bonds is 7. The van der Waals surface area contributed by atoms with Crippen LogP contribution in [0.5, 0.6) is 0 Å². The van der Waals surface area contributed by atoms with Gasteiger partial charge in [0.1, 0.15) is 6.04 Å². The molecular formula is C15H19N3O3. The summed E-state index contributed by atoms with van der Waals surface area (Å²) in [6.07, 6.45) is -0.709. The summed E-state index contributed by atoms with van der Waals surface area (Å²) in [5.41, 5.74) is 5.97. The van der Waals surface area contributed by atoms with E-state index in [1.54, 1.807) is 31.2 Å². The van der Waals surface area contributed by atoms with E-state index in [2.05, 4.69) is 5.32 Å². The molecular weight excluding hydrogens is 270 g/mol. The van der Waals surface area contributed by atoms with Crippen molar-refractivity contribution < 1.29 is 14.3 Å². The fraction of sp³-hybridized carbons (Fsp3) is 0.400. The van der Waals surface area contributed by atoms with Gasteiger partial charge in [-0.05, 0) is 11.5 Å². The minimum absolute atomic E-state index is 0.122. The van der Waals surface area contributed by atoms with E-state index in [1.807, 2.05) is 12.1 Å². The lowest BCUT2D eigenvalue weighted by Crippen LogP contribution is -2.49. The summed E-state index contributed by atoms with van der Waals surface area (Å²) >= 11 is 0. The van der Waals surface area contributed by atoms with E-state index in [9.17, 15) is 9.59 Å². The molecule has 0 aliphatic carbocycles. The second-order valence-electron chi connectivity index (χ2n) is 4.75. The first kappa shape index (κ1) is 16.7. The number of nitrogens with one attached hydrogen (secondary N) is 1. The molecule has 0 unspecified atom stereocenters. The zero-order valence-electron chi connectivity index (χ0n) is 12.1. The molecule has 0 saturated heterocycles. The number of hydrogen-bond acceptors (Lipinski definition) is 4. The van der Waals surface area contributed by atoms with Gasteiger partial charge in [-0.1, -0.05) is 37.3 Å². The molecule has 3 N–H and O–H groups in total. The molecule has 6 nitrogen and oxygen atoms in total. The van der Waals surface area contributed by atoms with Gasteiger partial charge < -0.3 is 15.8 Å². The number of carbonyl (C=O) groups excluding carboxylic acids is 2. The molecule has 21 heavy (non-hydrogen) atoms. The summed E-state index contributed by atoms with van der Waals surface area (Å²) in [6, 6.07) is 9.98. The van der Waals surface area contributed by atoms with Crippen LogP contribution in [0.25, 0.3) is 0 Å². The van der Waals surface area contributed by atoms with Crippen LogP contribution in [0.4, 0.5) is 0 Å². The summed E-state index contributed by atoms with van der Waals surface area (Å²) < 4.78 is 5.19. The van der Waals surface area contributed by atoms with E-state index in [-0.39, 0.29) is 12.3 Å². The molecule has 112 valence electrons. The quantitative estimate of drug-likeness (QED) is 0.777. The highest BCUT2D eigenvalue weighted by Crippen LogP contribution is 2.17. The van der Waals surface area contributed by atoms with E-state index >= 15 is 0 Å². The van der Waals surface area contributed by atoms with Crippen LogP contribution in [0.3, 0.4) is 0 Å². The van der Waals surface area contributed by atoms with Crippen LogP contribution in [0, 0.1) is 17.2 Å². The molecule has 6 heteroatoms. The zero-order valence-corrected chi connectivity index (χ0v) is 12.1. The Morgan fingerprint density at radius 2 is 2.00 bits per heavy atom. The van der Waals surface area contributed by atoms with E-state index in [0.717, 1.165) is 0 Å². The Kier molecular flexibility index (Phi) is 6.37. The SMILES string of the molecule is CO[C@H](C(=O)N[C@@H](C(N)=O)[C@H](C)CC#N)c1ccccc1. The number of amides is 2.